The Morgan fingerprint density at radius 3 is 2.23 bits per heavy atom. The minimum absolute atomic E-state index is 0.152. The first-order chi connectivity index (χ1) is 15.0. The van der Waals surface area contributed by atoms with Gasteiger partial charge in [0.05, 0.1) is 11.4 Å². The minimum atomic E-state index is -0.565. The highest BCUT2D eigenvalue weighted by molar-refractivity contribution is 5.91. The summed E-state index contributed by atoms with van der Waals surface area (Å²) in [6.07, 6.45) is 1.11. The van der Waals surface area contributed by atoms with E-state index in [4.69, 9.17) is 4.74 Å². The fourth-order valence-electron chi connectivity index (χ4n) is 4.20. The van der Waals surface area contributed by atoms with Crippen LogP contribution in [0.15, 0.2) is 66.7 Å². The van der Waals surface area contributed by atoms with Gasteiger partial charge in [-0.2, -0.15) is 5.10 Å². The average molecular weight is 418 g/mol. The Morgan fingerprint density at radius 2 is 1.58 bits per heavy atom. The molecule has 0 saturated carbocycles. The van der Waals surface area contributed by atoms with E-state index in [0.29, 0.717) is 36.3 Å². The zero-order valence-electron chi connectivity index (χ0n) is 17.9. The molecule has 1 amide bonds. The zero-order valence-corrected chi connectivity index (χ0v) is 17.9. The molecule has 1 aliphatic rings. The van der Waals surface area contributed by atoms with Crippen LogP contribution < -0.4 is 0 Å². The van der Waals surface area contributed by atoms with Gasteiger partial charge in [-0.1, -0.05) is 62.4 Å². The van der Waals surface area contributed by atoms with Crippen molar-refractivity contribution in [3.63, 3.8) is 0 Å². The molecule has 2 aromatic carbocycles. The molecule has 31 heavy (non-hydrogen) atoms. The van der Waals surface area contributed by atoms with Crippen molar-refractivity contribution in [1.29, 1.82) is 0 Å². The quantitative estimate of drug-likeness (QED) is 0.584. The van der Waals surface area contributed by atoms with E-state index in [2.05, 4.69) is 18.9 Å². The number of hydrogen-bond acceptors (Lipinski definition) is 4. The number of likely N-dealkylation sites (tertiary alicyclic amines) is 1. The van der Waals surface area contributed by atoms with Gasteiger partial charge < -0.3 is 9.64 Å². The predicted molar refractivity (Wildman–Crippen MR) is 119 cm³/mol. The summed E-state index contributed by atoms with van der Waals surface area (Å²) in [5, 5.41) is 4.63. The number of carbonyl (C=O) groups is 2. The Hall–Kier alpha value is -3.41. The number of carbonyl (C=O) groups excluding carboxylic acids is 2. The highest BCUT2D eigenvalue weighted by Crippen LogP contribution is 2.23. The first-order valence-electron chi connectivity index (χ1n) is 10.7. The second kappa shape index (κ2) is 9.16. The van der Waals surface area contributed by atoms with Crippen LogP contribution in [-0.4, -0.2) is 46.3 Å². The summed E-state index contributed by atoms with van der Waals surface area (Å²) in [5.41, 5.74) is 2.61. The summed E-state index contributed by atoms with van der Waals surface area (Å²) in [6, 6.07) is 20.8. The van der Waals surface area contributed by atoms with Gasteiger partial charge in [-0.3, -0.25) is 4.79 Å². The number of esters is 1. The number of amides is 1. The maximum atomic E-state index is 12.9. The molecule has 0 bridgehead atoms. The first kappa shape index (κ1) is 20.8. The molecule has 0 unspecified atom stereocenters. The van der Waals surface area contributed by atoms with Crippen molar-refractivity contribution >= 4 is 11.9 Å². The van der Waals surface area contributed by atoms with Gasteiger partial charge in [0.1, 0.15) is 0 Å². The van der Waals surface area contributed by atoms with Crippen LogP contribution in [0.2, 0.25) is 0 Å². The Bertz CT molecular complexity index is 1040. The molecular formula is C25H27N3O3. The van der Waals surface area contributed by atoms with Crippen LogP contribution in [-0.2, 0) is 9.53 Å². The van der Waals surface area contributed by atoms with Crippen molar-refractivity contribution in [2.24, 2.45) is 11.8 Å². The molecular weight excluding hydrogens is 390 g/mol. The average Bonchev–Trinajstić information content (AvgIpc) is 3.23. The number of hydrogen-bond donors (Lipinski definition) is 0. The molecule has 2 atom stereocenters. The maximum absolute atomic E-state index is 12.9. The summed E-state index contributed by atoms with van der Waals surface area (Å²) in [5.74, 6) is 0.193. The second-order valence-electron chi connectivity index (χ2n) is 8.35. The van der Waals surface area contributed by atoms with Crippen LogP contribution in [0.4, 0.5) is 0 Å². The summed E-state index contributed by atoms with van der Waals surface area (Å²) in [6.45, 7) is 5.44. The Morgan fingerprint density at radius 1 is 0.968 bits per heavy atom. The van der Waals surface area contributed by atoms with E-state index in [0.717, 1.165) is 17.7 Å². The fraction of sp³-hybridized carbons (Fsp3) is 0.320. The third-order valence-electron chi connectivity index (χ3n) is 5.54. The Kier molecular flexibility index (Phi) is 6.16. The highest BCUT2D eigenvalue weighted by Gasteiger charge is 2.27. The van der Waals surface area contributed by atoms with Crippen LogP contribution in [0, 0.1) is 11.8 Å². The summed E-state index contributed by atoms with van der Waals surface area (Å²) >= 11 is 0. The van der Waals surface area contributed by atoms with E-state index in [1.54, 1.807) is 15.6 Å². The molecule has 160 valence electrons. The highest BCUT2D eigenvalue weighted by atomic mass is 16.5. The predicted octanol–water partition coefficient (Wildman–Crippen LogP) is 4.20. The van der Waals surface area contributed by atoms with Crippen molar-refractivity contribution < 1.29 is 14.3 Å². The lowest BCUT2D eigenvalue weighted by molar-refractivity contribution is -0.137. The van der Waals surface area contributed by atoms with Gasteiger partial charge in [0.25, 0.3) is 5.91 Å². The number of benzene rings is 2. The first-order valence-corrected chi connectivity index (χ1v) is 10.7. The van der Waals surface area contributed by atoms with Crippen LogP contribution in [0.25, 0.3) is 16.9 Å². The van der Waals surface area contributed by atoms with Gasteiger partial charge in [-0.25, -0.2) is 9.48 Å². The van der Waals surface area contributed by atoms with Crippen molar-refractivity contribution in [2.75, 3.05) is 19.7 Å². The summed E-state index contributed by atoms with van der Waals surface area (Å²) in [4.78, 5) is 27.4. The molecule has 1 aliphatic heterocycles. The van der Waals surface area contributed by atoms with Gasteiger partial charge in [-0.05, 0) is 36.5 Å². The number of piperidine rings is 1. The van der Waals surface area contributed by atoms with Gasteiger partial charge in [0, 0.05) is 18.7 Å². The number of nitrogens with zero attached hydrogens (tertiary/aromatic N) is 3. The van der Waals surface area contributed by atoms with Crippen molar-refractivity contribution in [2.45, 2.75) is 20.3 Å². The third-order valence-corrected chi connectivity index (χ3v) is 5.54. The minimum Gasteiger partial charge on any atom is -0.451 e. The molecule has 0 radical (unpaired) electrons. The van der Waals surface area contributed by atoms with Gasteiger partial charge in [0.2, 0.25) is 0 Å². The third kappa shape index (κ3) is 4.85. The van der Waals surface area contributed by atoms with E-state index in [9.17, 15) is 9.59 Å². The standard InChI is InChI=1S/C25H27N3O3/c1-18-13-19(2)16-27(15-18)24(29)17-31-25(30)23-14-22(20-9-5-3-6-10-20)26-28(23)21-11-7-4-8-12-21/h3-12,14,18-19H,13,15-17H2,1-2H3/t18-,19-/m1/s1. The largest absolute Gasteiger partial charge is 0.451 e. The van der Waals surface area contributed by atoms with Gasteiger partial charge in [-0.15, -0.1) is 0 Å². The lowest BCUT2D eigenvalue weighted by Crippen LogP contribution is -2.44. The Labute approximate surface area is 182 Å². The molecule has 1 saturated heterocycles. The lowest BCUT2D eigenvalue weighted by Gasteiger charge is -2.34. The van der Waals surface area contributed by atoms with Crippen molar-refractivity contribution in [1.82, 2.24) is 14.7 Å². The molecule has 0 aliphatic carbocycles. The molecule has 0 N–H and O–H groups in total. The maximum Gasteiger partial charge on any atom is 0.357 e. The van der Waals surface area contributed by atoms with Gasteiger partial charge in [0.15, 0.2) is 12.3 Å². The molecule has 6 nitrogen and oxygen atoms in total. The van der Waals surface area contributed by atoms with E-state index in [-0.39, 0.29) is 12.5 Å². The number of aromatic nitrogens is 2. The summed E-state index contributed by atoms with van der Waals surface area (Å²) < 4.78 is 7.00. The molecule has 1 aromatic heterocycles. The Balaban J connectivity index is 1.54. The smallest absolute Gasteiger partial charge is 0.357 e. The van der Waals surface area contributed by atoms with E-state index in [1.807, 2.05) is 60.7 Å². The van der Waals surface area contributed by atoms with Crippen molar-refractivity contribution in [3.8, 4) is 16.9 Å². The normalized spacial score (nSPS) is 18.6. The number of para-hydroxylation sites is 1. The van der Waals surface area contributed by atoms with E-state index < -0.39 is 5.97 Å². The van der Waals surface area contributed by atoms with Gasteiger partial charge >= 0.3 is 5.97 Å². The zero-order chi connectivity index (χ0) is 21.8. The number of ether oxygens (including phenoxy) is 1. The second-order valence-corrected chi connectivity index (χ2v) is 8.35. The van der Waals surface area contributed by atoms with Crippen LogP contribution in [0.3, 0.4) is 0 Å². The van der Waals surface area contributed by atoms with E-state index in [1.165, 1.54) is 0 Å². The molecule has 1 fully saturated rings. The van der Waals surface area contributed by atoms with Crippen LogP contribution in [0.1, 0.15) is 30.8 Å². The molecule has 0 spiro atoms. The topological polar surface area (TPSA) is 64.4 Å². The van der Waals surface area contributed by atoms with Crippen LogP contribution >= 0.6 is 0 Å². The SMILES string of the molecule is C[C@@H]1C[C@@H](C)CN(C(=O)COC(=O)c2cc(-c3ccccc3)nn2-c2ccccc2)C1. The molecule has 6 heteroatoms. The molecule has 2 heterocycles. The monoisotopic (exact) mass is 417 g/mol. The molecule has 4 rings (SSSR count). The molecule has 3 aromatic rings. The summed E-state index contributed by atoms with van der Waals surface area (Å²) in [7, 11) is 0. The number of rotatable bonds is 5. The van der Waals surface area contributed by atoms with Crippen LogP contribution in [0.5, 0.6) is 0 Å². The lowest BCUT2D eigenvalue weighted by atomic mass is 9.92. The fourth-order valence-corrected chi connectivity index (χ4v) is 4.20. The van der Waals surface area contributed by atoms with Crippen molar-refractivity contribution in [3.05, 3.63) is 72.4 Å². The van der Waals surface area contributed by atoms with E-state index >= 15 is 0 Å².